The van der Waals surface area contributed by atoms with Gasteiger partial charge in [0.05, 0.1) is 18.1 Å². The predicted octanol–water partition coefficient (Wildman–Crippen LogP) is 0.460. The van der Waals surface area contributed by atoms with Crippen molar-refractivity contribution in [1.29, 1.82) is 0 Å². The first-order chi connectivity index (χ1) is 12.6. The second kappa shape index (κ2) is 6.81. The molecule has 144 valence electrons. The molecule has 0 spiro atoms. The third kappa shape index (κ3) is 3.73. The minimum absolute atomic E-state index is 0.00269. The molecule has 1 atom stereocenters. The lowest BCUT2D eigenvalue weighted by Gasteiger charge is -2.32. The predicted molar refractivity (Wildman–Crippen MR) is 97.4 cm³/mol. The number of rotatable bonds is 4. The maximum atomic E-state index is 12.5. The Morgan fingerprint density at radius 1 is 1.44 bits per heavy atom. The van der Waals surface area contributed by atoms with E-state index in [0.717, 1.165) is 21.8 Å². The van der Waals surface area contributed by atoms with Crippen LogP contribution in [0.3, 0.4) is 0 Å². The van der Waals surface area contributed by atoms with Gasteiger partial charge in [-0.3, -0.25) is 9.78 Å². The molecule has 27 heavy (non-hydrogen) atoms. The number of carbonyl (C=O) groups is 1. The average molecular weight is 413 g/mol. The second-order valence-corrected chi connectivity index (χ2v) is 8.84. The van der Waals surface area contributed by atoms with Crippen LogP contribution in [0.2, 0.25) is 0 Å². The molecule has 3 rings (SSSR count). The zero-order chi connectivity index (χ0) is 19.8. The molecule has 1 aliphatic rings. The molecule has 0 saturated heterocycles. The number of halogens is 1. The van der Waals surface area contributed by atoms with Crippen LogP contribution in [0.4, 0.5) is 10.2 Å². The van der Waals surface area contributed by atoms with Gasteiger partial charge in [0.2, 0.25) is 16.0 Å². The summed E-state index contributed by atoms with van der Waals surface area (Å²) in [4.78, 5) is 28.3. The third-order valence-electron chi connectivity index (χ3n) is 3.85. The molecule has 0 saturated carbocycles. The molecule has 1 amide bonds. The summed E-state index contributed by atoms with van der Waals surface area (Å²) in [6, 6.07) is 0. The molecule has 0 bridgehead atoms. The van der Waals surface area contributed by atoms with Crippen LogP contribution in [0.15, 0.2) is 22.8 Å². The van der Waals surface area contributed by atoms with Gasteiger partial charge in [0.15, 0.2) is 0 Å². The number of aliphatic imine (C=N–C) groups is 1. The van der Waals surface area contributed by atoms with Crippen LogP contribution in [0.5, 0.6) is 0 Å². The first kappa shape index (κ1) is 19.1. The Hall–Kier alpha value is -2.67. The highest BCUT2D eigenvalue weighted by Gasteiger charge is 2.42. The summed E-state index contributed by atoms with van der Waals surface area (Å²) in [6.45, 7) is 0.834. The molecule has 0 unspecified atom stereocenters. The van der Waals surface area contributed by atoms with Gasteiger partial charge in [-0.2, -0.15) is 0 Å². The highest BCUT2D eigenvalue weighted by atomic mass is 32.2. The van der Waals surface area contributed by atoms with Crippen molar-refractivity contribution in [2.75, 3.05) is 18.1 Å². The maximum Gasteiger partial charge on any atom is 0.277 e. The number of aromatic nitrogens is 3. The fraction of sp³-hybridized carbons (Fsp3) is 0.357. The summed E-state index contributed by atoms with van der Waals surface area (Å²) in [6.07, 6.45) is 2.33. The number of amides is 1. The van der Waals surface area contributed by atoms with Crippen LogP contribution in [-0.4, -0.2) is 52.3 Å². The Labute approximate surface area is 158 Å². The largest absolute Gasteiger partial charge is 0.369 e. The van der Waals surface area contributed by atoms with E-state index in [-0.39, 0.29) is 28.9 Å². The van der Waals surface area contributed by atoms with Crippen molar-refractivity contribution >= 4 is 39.0 Å². The normalized spacial score (nSPS) is 21.6. The number of hydrogen-bond acceptors (Lipinski definition) is 9. The van der Waals surface area contributed by atoms with E-state index in [1.165, 1.54) is 13.2 Å². The highest BCUT2D eigenvalue weighted by molar-refractivity contribution is 7.89. The van der Waals surface area contributed by atoms with Crippen molar-refractivity contribution in [1.82, 2.24) is 19.3 Å². The quantitative estimate of drug-likeness (QED) is 0.741. The van der Waals surface area contributed by atoms with E-state index in [2.05, 4.69) is 25.3 Å². The van der Waals surface area contributed by atoms with E-state index in [9.17, 15) is 17.6 Å². The molecule has 3 heterocycles. The van der Waals surface area contributed by atoms with Crippen molar-refractivity contribution in [3.63, 3.8) is 0 Å². The molecular formula is C14H16FN7O3S2. The summed E-state index contributed by atoms with van der Waals surface area (Å²) in [5.41, 5.74) is 4.67. The zero-order valence-electron chi connectivity index (χ0n) is 14.4. The van der Waals surface area contributed by atoms with Crippen LogP contribution < -0.4 is 11.1 Å². The first-order valence-corrected chi connectivity index (χ1v) is 10.1. The Balaban J connectivity index is 1.81. The molecule has 2 aromatic heterocycles. The van der Waals surface area contributed by atoms with Gasteiger partial charge in [0.25, 0.3) is 5.91 Å². The molecule has 0 aromatic carbocycles. The Morgan fingerprint density at radius 2 is 2.19 bits per heavy atom. The van der Waals surface area contributed by atoms with Crippen molar-refractivity contribution in [2.24, 2.45) is 10.7 Å². The van der Waals surface area contributed by atoms with Crippen LogP contribution in [0.25, 0.3) is 0 Å². The zero-order valence-corrected chi connectivity index (χ0v) is 16.0. The number of hydrogen-bond donors (Lipinski definition) is 2. The van der Waals surface area contributed by atoms with Gasteiger partial charge in [-0.25, -0.2) is 32.1 Å². The van der Waals surface area contributed by atoms with Gasteiger partial charge in [0.1, 0.15) is 34.5 Å². The number of anilines is 1. The lowest BCUT2D eigenvalue weighted by molar-refractivity contribution is 0.102. The van der Waals surface area contributed by atoms with E-state index in [1.54, 1.807) is 12.3 Å². The summed E-state index contributed by atoms with van der Waals surface area (Å²) in [7, 11) is -2.29. The monoisotopic (exact) mass is 413 g/mol. The van der Waals surface area contributed by atoms with Gasteiger partial charge in [-0.15, -0.1) is 11.3 Å². The topological polar surface area (TPSA) is 144 Å². The van der Waals surface area contributed by atoms with Gasteiger partial charge in [-0.05, 0) is 6.92 Å². The van der Waals surface area contributed by atoms with Crippen LogP contribution in [0.1, 0.15) is 28.1 Å². The summed E-state index contributed by atoms with van der Waals surface area (Å²) < 4.78 is 37.8. The molecule has 0 aliphatic carbocycles. The molecule has 0 fully saturated rings. The number of nitrogens with one attached hydrogen (secondary N) is 1. The summed E-state index contributed by atoms with van der Waals surface area (Å²) in [5.74, 6) is -0.793. The van der Waals surface area contributed by atoms with Crippen molar-refractivity contribution < 1.29 is 17.6 Å². The molecule has 13 heteroatoms. The smallest absolute Gasteiger partial charge is 0.277 e. The van der Waals surface area contributed by atoms with E-state index in [4.69, 9.17) is 5.73 Å². The molecule has 3 N–H and O–H groups in total. The Bertz CT molecular complexity index is 1010. The number of carbonyl (C=O) groups excluding carboxylic acids is 1. The standard InChI is InChI=1S/C14H16FN7O3S2/c1-14(7-27(24,25)22(2)13(16)21-14)12-20-10(6-26-12)19-11(23)9-5-17-8(3-15)4-18-9/h4-6H,3,7H2,1-2H3,(H2,16,21)(H,19,23)/t14-/m0/s1. The van der Waals surface area contributed by atoms with Crippen LogP contribution in [0, 0.1) is 0 Å². The van der Waals surface area contributed by atoms with E-state index in [1.807, 2.05) is 0 Å². The Kier molecular flexibility index (Phi) is 4.82. The van der Waals surface area contributed by atoms with E-state index in [0.29, 0.717) is 5.01 Å². The van der Waals surface area contributed by atoms with Crippen LogP contribution >= 0.6 is 11.3 Å². The molecule has 1 aliphatic heterocycles. The lowest BCUT2D eigenvalue weighted by atomic mass is 10.1. The molecule has 10 nitrogen and oxygen atoms in total. The molecule has 2 aromatic rings. The minimum Gasteiger partial charge on any atom is -0.369 e. The fourth-order valence-corrected chi connectivity index (χ4v) is 4.74. The number of alkyl halides is 1. The van der Waals surface area contributed by atoms with Gasteiger partial charge < -0.3 is 11.1 Å². The molecule has 0 radical (unpaired) electrons. The summed E-state index contributed by atoms with van der Waals surface area (Å²) in [5, 5.41) is 4.48. The van der Waals surface area contributed by atoms with Crippen molar-refractivity contribution in [2.45, 2.75) is 19.1 Å². The van der Waals surface area contributed by atoms with Crippen molar-refractivity contribution in [3.05, 3.63) is 34.2 Å². The Morgan fingerprint density at radius 3 is 2.78 bits per heavy atom. The number of sulfonamides is 1. The fourth-order valence-electron chi connectivity index (χ4n) is 2.36. The van der Waals surface area contributed by atoms with Gasteiger partial charge in [-0.1, -0.05) is 0 Å². The maximum absolute atomic E-state index is 12.5. The second-order valence-electron chi connectivity index (χ2n) is 5.99. The molecular weight excluding hydrogens is 397 g/mol. The average Bonchev–Trinajstić information content (AvgIpc) is 3.09. The SMILES string of the molecule is CN1C(N)=N[C@](C)(c2nc(NC(=O)c3cnc(CF)cn3)cs2)CS1(=O)=O. The minimum atomic E-state index is -3.62. The van der Waals surface area contributed by atoms with Crippen molar-refractivity contribution in [3.8, 4) is 0 Å². The number of nitrogens with zero attached hydrogens (tertiary/aromatic N) is 5. The first-order valence-electron chi connectivity index (χ1n) is 7.61. The third-order valence-corrected chi connectivity index (χ3v) is 6.89. The van der Waals surface area contributed by atoms with Crippen LogP contribution in [-0.2, 0) is 22.2 Å². The number of nitrogens with two attached hydrogens (primary N) is 1. The summed E-state index contributed by atoms with van der Waals surface area (Å²) >= 11 is 1.15. The van der Waals surface area contributed by atoms with E-state index < -0.39 is 28.1 Å². The van der Waals surface area contributed by atoms with E-state index >= 15 is 0 Å². The lowest BCUT2D eigenvalue weighted by Crippen LogP contribution is -2.50. The highest BCUT2D eigenvalue weighted by Crippen LogP contribution is 2.34. The number of thiazole rings is 1. The number of guanidine groups is 1. The van der Waals surface area contributed by atoms with Gasteiger partial charge >= 0.3 is 0 Å². The van der Waals surface area contributed by atoms with Gasteiger partial charge in [0, 0.05) is 12.4 Å².